The van der Waals surface area contributed by atoms with Gasteiger partial charge in [-0.25, -0.2) is 4.79 Å². The predicted molar refractivity (Wildman–Crippen MR) is 113 cm³/mol. The number of nitrogens with one attached hydrogen (secondary N) is 4. The minimum atomic E-state index is -4.71. The molecule has 2 aromatic carbocycles. The van der Waals surface area contributed by atoms with Gasteiger partial charge in [0.05, 0.1) is 24.0 Å². The Morgan fingerprint density at radius 2 is 1.74 bits per heavy atom. The number of rotatable bonds is 7. The molecular weight excluding hydrogens is 485 g/mol. The smallest absolute Gasteiger partial charge is 0.416 e. The highest BCUT2D eigenvalue weighted by Crippen LogP contribution is 2.33. The van der Waals surface area contributed by atoms with E-state index in [2.05, 4.69) is 15.4 Å². The van der Waals surface area contributed by atoms with Crippen LogP contribution in [-0.2, 0) is 30.6 Å². The molecule has 11 nitrogen and oxygen atoms in total. The van der Waals surface area contributed by atoms with Crippen LogP contribution in [0.1, 0.15) is 5.56 Å². The SMILES string of the molecule is COCC(=O)Nc1ccc(S(=O)(=O)Oc2cccc(C(F)(F)F)c2)cc1NC(=N)NC(=O)OC. The van der Waals surface area contributed by atoms with E-state index in [4.69, 9.17) is 14.3 Å². The van der Waals surface area contributed by atoms with E-state index < -0.39 is 50.5 Å². The summed E-state index contributed by atoms with van der Waals surface area (Å²) in [6.07, 6.45) is -5.71. The van der Waals surface area contributed by atoms with Crippen LogP contribution in [0.4, 0.5) is 29.3 Å². The fraction of sp³-hybridized carbons (Fsp3) is 0.211. The molecule has 15 heteroatoms. The van der Waals surface area contributed by atoms with Crippen LogP contribution in [0.2, 0.25) is 0 Å². The van der Waals surface area contributed by atoms with Crippen LogP contribution in [0.25, 0.3) is 0 Å². The minimum absolute atomic E-state index is 0.00326. The highest BCUT2D eigenvalue weighted by molar-refractivity contribution is 7.87. The van der Waals surface area contributed by atoms with Crippen LogP contribution in [-0.4, -0.2) is 47.2 Å². The Labute approximate surface area is 191 Å². The van der Waals surface area contributed by atoms with Crippen molar-refractivity contribution in [2.24, 2.45) is 0 Å². The molecule has 0 radical (unpaired) electrons. The summed E-state index contributed by atoms with van der Waals surface area (Å²) < 4.78 is 77.9. The quantitative estimate of drug-likeness (QED) is 0.255. The second-order valence-electron chi connectivity index (χ2n) is 6.37. The van der Waals surface area contributed by atoms with E-state index in [0.717, 1.165) is 43.5 Å². The normalized spacial score (nSPS) is 11.3. The molecule has 0 aliphatic carbocycles. The molecule has 0 spiro atoms. The van der Waals surface area contributed by atoms with Gasteiger partial charge in [0.1, 0.15) is 17.3 Å². The summed E-state index contributed by atoms with van der Waals surface area (Å²) in [5.41, 5.74) is -1.28. The first-order valence-corrected chi connectivity index (χ1v) is 10.5. The van der Waals surface area contributed by atoms with Gasteiger partial charge in [0.2, 0.25) is 11.9 Å². The molecular formula is C19H19F3N4O7S. The Bertz CT molecular complexity index is 1190. The van der Waals surface area contributed by atoms with Crippen molar-refractivity contribution in [3.63, 3.8) is 0 Å². The molecule has 0 aromatic heterocycles. The molecule has 34 heavy (non-hydrogen) atoms. The van der Waals surface area contributed by atoms with Gasteiger partial charge in [-0.2, -0.15) is 21.6 Å². The average molecular weight is 504 g/mol. The number of anilines is 2. The lowest BCUT2D eigenvalue weighted by molar-refractivity contribution is -0.137. The van der Waals surface area contributed by atoms with E-state index >= 15 is 0 Å². The van der Waals surface area contributed by atoms with E-state index in [1.54, 1.807) is 0 Å². The first-order valence-electron chi connectivity index (χ1n) is 9.11. The number of halogens is 3. The second-order valence-corrected chi connectivity index (χ2v) is 7.91. The standard InChI is InChI=1S/C19H19F3N4O7S/c1-31-10-16(27)24-14-7-6-13(9-15(14)25-17(23)26-18(28)32-2)34(29,30)33-12-5-3-4-11(8-12)19(20,21)22/h3-9H,10H2,1-2H3,(H,24,27)(H3,23,25,26,28). The van der Waals surface area contributed by atoms with Crippen molar-refractivity contribution in [3.8, 4) is 5.75 Å². The lowest BCUT2D eigenvalue weighted by Crippen LogP contribution is -2.35. The summed E-state index contributed by atoms with van der Waals surface area (Å²) in [4.78, 5) is 22.6. The second kappa shape index (κ2) is 10.8. The van der Waals surface area contributed by atoms with Crippen LogP contribution in [0.15, 0.2) is 47.4 Å². The summed E-state index contributed by atoms with van der Waals surface area (Å²) in [7, 11) is -2.32. The Morgan fingerprint density at radius 3 is 2.35 bits per heavy atom. The number of carbonyl (C=O) groups is 2. The van der Waals surface area contributed by atoms with Crippen molar-refractivity contribution in [3.05, 3.63) is 48.0 Å². The molecule has 0 saturated carbocycles. The number of benzene rings is 2. The highest BCUT2D eigenvalue weighted by Gasteiger charge is 2.31. The minimum Gasteiger partial charge on any atom is -0.453 e. The van der Waals surface area contributed by atoms with Crippen LogP contribution in [0.5, 0.6) is 5.75 Å². The highest BCUT2D eigenvalue weighted by atomic mass is 32.2. The van der Waals surface area contributed by atoms with Crippen molar-refractivity contribution in [1.29, 1.82) is 5.41 Å². The zero-order valence-electron chi connectivity index (χ0n) is 17.6. The van der Waals surface area contributed by atoms with Gasteiger partial charge in [0.25, 0.3) is 0 Å². The molecule has 0 heterocycles. The van der Waals surface area contributed by atoms with Crippen molar-refractivity contribution in [2.75, 3.05) is 31.5 Å². The molecule has 184 valence electrons. The van der Waals surface area contributed by atoms with Crippen LogP contribution < -0.4 is 20.1 Å². The Hall–Kier alpha value is -3.85. The van der Waals surface area contributed by atoms with Gasteiger partial charge in [-0.15, -0.1) is 0 Å². The summed E-state index contributed by atoms with van der Waals surface area (Å²) in [5.74, 6) is -1.84. The third-order valence-corrected chi connectivity index (χ3v) is 5.11. The van der Waals surface area contributed by atoms with Gasteiger partial charge in [0, 0.05) is 7.11 Å². The maximum absolute atomic E-state index is 12.9. The molecule has 2 amide bonds. The van der Waals surface area contributed by atoms with E-state index in [0.29, 0.717) is 6.07 Å². The number of carbonyl (C=O) groups excluding carboxylic acids is 2. The zero-order valence-corrected chi connectivity index (χ0v) is 18.5. The van der Waals surface area contributed by atoms with E-state index in [-0.39, 0.29) is 18.0 Å². The molecule has 0 saturated heterocycles. The van der Waals surface area contributed by atoms with Crippen molar-refractivity contribution >= 4 is 39.5 Å². The molecule has 0 aliphatic rings. The number of hydrogen-bond acceptors (Lipinski definition) is 8. The van der Waals surface area contributed by atoms with E-state index in [9.17, 15) is 31.2 Å². The summed E-state index contributed by atoms with van der Waals surface area (Å²) >= 11 is 0. The maximum atomic E-state index is 12.9. The van der Waals surface area contributed by atoms with Crippen molar-refractivity contribution in [2.45, 2.75) is 11.1 Å². The average Bonchev–Trinajstić information content (AvgIpc) is 2.74. The third-order valence-electron chi connectivity index (χ3n) is 3.87. The maximum Gasteiger partial charge on any atom is 0.416 e. The van der Waals surface area contributed by atoms with Crippen LogP contribution in [0.3, 0.4) is 0 Å². The number of alkyl halides is 3. The Kier molecular flexibility index (Phi) is 8.42. The Balaban J connectivity index is 2.39. The molecule has 2 aromatic rings. The third kappa shape index (κ3) is 7.35. The molecule has 2 rings (SSSR count). The summed E-state index contributed by atoms with van der Waals surface area (Å²) in [6, 6.07) is 6.39. The fourth-order valence-corrected chi connectivity index (χ4v) is 3.38. The first-order chi connectivity index (χ1) is 15.9. The Morgan fingerprint density at radius 1 is 1.03 bits per heavy atom. The molecule has 0 unspecified atom stereocenters. The van der Waals surface area contributed by atoms with Gasteiger partial charge in [-0.05, 0) is 36.4 Å². The lowest BCUT2D eigenvalue weighted by Gasteiger charge is -2.16. The number of hydrogen-bond donors (Lipinski definition) is 4. The fourth-order valence-electron chi connectivity index (χ4n) is 2.43. The largest absolute Gasteiger partial charge is 0.453 e. The lowest BCUT2D eigenvalue weighted by atomic mass is 10.2. The first kappa shape index (κ1) is 26.4. The molecule has 0 fully saturated rings. The predicted octanol–water partition coefficient (Wildman–Crippen LogP) is 2.76. The molecule has 0 atom stereocenters. The zero-order chi connectivity index (χ0) is 25.5. The topological polar surface area (TPSA) is 156 Å². The van der Waals surface area contributed by atoms with Crippen molar-refractivity contribution in [1.82, 2.24) is 5.32 Å². The molecule has 4 N–H and O–H groups in total. The number of methoxy groups -OCH3 is 2. The van der Waals surface area contributed by atoms with E-state index in [1.807, 2.05) is 5.32 Å². The molecule has 0 bridgehead atoms. The van der Waals surface area contributed by atoms with Crippen LogP contribution >= 0.6 is 0 Å². The summed E-state index contributed by atoms with van der Waals surface area (Å²) in [6.45, 7) is -0.337. The van der Waals surface area contributed by atoms with Crippen LogP contribution in [0, 0.1) is 5.41 Å². The summed E-state index contributed by atoms with van der Waals surface area (Å²) in [5, 5.41) is 14.5. The van der Waals surface area contributed by atoms with E-state index in [1.165, 1.54) is 7.11 Å². The number of alkyl carbamates (subject to hydrolysis) is 1. The van der Waals surface area contributed by atoms with Gasteiger partial charge in [0.15, 0.2) is 0 Å². The van der Waals surface area contributed by atoms with Crippen molar-refractivity contribution < 1.29 is 44.8 Å². The van der Waals surface area contributed by atoms with Gasteiger partial charge < -0.3 is 24.3 Å². The number of amides is 2. The monoisotopic (exact) mass is 504 g/mol. The van der Waals surface area contributed by atoms with Gasteiger partial charge in [-0.3, -0.25) is 15.5 Å². The van der Waals surface area contributed by atoms with Gasteiger partial charge >= 0.3 is 22.4 Å². The van der Waals surface area contributed by atoms with Gasteiger partial charge in [-0.1, -0.05) is 6.07 Å². The molecule has 0 aliphatic heterocycles. The number of guanidine groups is 1. The number of ether oxygens (including phenoxy) is 2.